The fraction of sp³-hybridized carbons (Fsp3) is 1.00. The molecule has 0 fully saturated rings. The molecule has 0 aliphatic carbocycles. The molecule has 0 saturated carbocycles. The van der Waals surface area contributed by atoms with Gasteiger partial charge in [0.2, 0.25) is 0 Å². The van der Waals surface area contributed by atoms with Gasteiger partial charge in [0.05, 0.1) is 0 Å². The van der Waals surface area contributed by atoms with E-state index in [4.69, 9.17) is 0 Å². The van der Waals surface area contributed by atoms with E-state index in [2.05, 4.69) is 23.2 Å². The van der Waals surface area contributed by atoms with Crippen LogP contribution in [0.25, 0.3) is 0 Å². The lowest BCUT2D eigenvalue weighted by molar-refractivity contribution is -0.126. The minimum atomic E-state index is -5.02. The van der Waals surface area contributed by atoms with Crippen molar-refractivity contribution in [2.24, 2.45) is 0 Å². The topological polar surface area (TPSA) is 0 Å². The van der Waals surface area contributed by atoms with E-state index < -0.39 is 19.9 Å². The summed E-state index contributed by atoms with van der Waals surface area (Å²) < 4.78 is 70.1. The molecule has 0 spiro atoms. The van der Waals surface area contributed by atoms with E-state index in [0.29, 0.717) is 0 Å². The van der Waals surface area contributed by atoms with E-state index in [9.17, 15) is 26.3 Å². The van der Waals surface area contributed by atoms with Crippen LogP contribution in [0.2, 0.25) is 0 Å². The van der Waals surface area contributed by atoms with Crippen LogP contribution >= 0.6 is 55.1 Å². The monoisotopic (exact) mass is 390 g/mol. The predicted octanol–water partition coefficient (Wildman–Crippen LogP) is 4.77. The van der Waals surface area contributed by atoms with Gasteiger partial charge < -0.3 is 0 Å². The van der Waals surface area contributed by atoms with Gasteiger partial charge >= 0.3 is 15.3 Å². The molecule has 0 radical (unpaired) electrons. The fourth-order valence-electron chi connectivity index (χ4n) is 0.356. The molecule has 0 aromatic rings. The van der Waals surface area contributed by atoms with Gasteiger partial charge in [0.15, 0.2) is 0 Å². The number of alkyl halides is 10. The molecule has 2 unspecified atom stereocenters. The molecular weight excluding hydrogens is 393 g/mol. The van der Waals surface area contributed by atoms with Crippen LogP contribution in [-0.2, 0) is 0 Å². The molecule has 0 aliphatic heterocycles. The maximum Gasteiger partial charge on any atom is 0.373 e. The zero-order valence-electron chi connectivity index (χ0n) is 5.78. The van der Waals surface area contributed by atoms with E-state index in [0.717, 1.165) is 0 Å². The Morgan fingerprint density at radius 2 is 1.07 bits per heavy atom. The minimum Gasteiger partial charge on any atom is -0.218 e. The summed E-state index contributed by atoms with van der Waals surface area (Å²) in [6, 6.07) is 0. The van der Waals surface area contributed by atoms with E-state index in [1.165, 1.54) is 31.9 Å². The lowest BCUT2D eigenvalue weighted by Gasteiger charge is -2.34. The zero-order valence-corrected chi connectivity index (χ0v) is 10.5. The van der Waals surface area contributed by atoms with Crippen LogP contribution in [-0.4, -0.2) is 19.9 Å². The number of halogens is 10. The van der Waals surface area contributed by atoms with E-state index in [-0.39, 0.29) is 0 Å². The summed E-state index contributed by atoms with van der Waals surface area (Å²) in [5.74, 6) is 0. The summed E-state index contributed by atoms with van der Waals surface area (Å²) >= 11 is 11.1. The summed E-state index contributed by atoms with van der Waals surface area (Å²) in [7, 11) is 0. The van der Waals surface area contributed by atoms with E-state index in [1.807, 2.05) is 0 Å². The normalized spacial score (nSPS) is 22.7. The third kappa shape index (κ3) is 2.44. The third-order valence-electron chi connectivity index (χ3n) is 1.11. The molecule has 0 rings (SSSR count). The van der Waals surface area contributed by atoms with Crippen molar-refractivity contribution in [3.8, 4) is 0 Å². The Morgan fingerprint density at radius 1 is 0.786 bits per heavy atom. The summed E-state index contributed by atoms with van der Waals surface area (Å²) in [5.41, 5.74) is 0. The average molecular weight is 393 g/mol. The highest BCUT2D eigenvalue weighted by molar-refractivity contribution is 9.12. The molecule has 0 saturated heterocycles. The van der Waals surface area contributed by atoms with Crippen LogP contribution in [0.4, 0.5) is 26.3 Å². The van der Waals surface area contributed by atoms with Crippen molar-refractivity contribution >= 4 is 55.1 Å². The molecule has 0 nitrogen and oxygen atoms in total. The number of hydrogen-bond donors (Lipinski definition) is 0. The number of rotatable bonds is 3. The van der Waals surface area contributed by atoms with Crippen LogP contribution in [0, 0.1) is 0 Å². The van der Waals surface area contributed by atoms with Gasteiger partial charge in [-0.05, 0) is 43.5 Å². The molecule has 0 N–H and O–H groups in total. The van der Waals surface area contributed by atoms with Gasteiger partial charge in [-0.15, -0.1) is 0 Å². The molecule has 10 heteroatoms. The van der Waals surface area contributed by atoms with Crippen LogP contribution in [0.5, 0.6) is 0 Å². The van der Waals surface area contributed by atoms with Gasteiger partial charge in [-0.2, -0.15) is 17.6 Å². The predicted molar refractivity (Wildman–Crippen MR) is 47.1 cm³/mol. The lowest BCUT2D eigenvalue weighted by Crippen LogP contribution is -2.56. The van der Waals surface area contributed by atoms with Gasteiger partial charge in [0.25, 0.3) is 4.58 Å². The Bertz CT molecular complexity index is 195. The first-order valence-electron chi connectivity index (χ1n) is 2.64. The van der Waals surface area contributed by atoms with Crippen molar-refractivity contribution in [2.45, 2.75) is 19.9 Å². The lowest BCUT2D eigenvalue weighted by atomic mass is 10.2. The number of hydrogen-bond acceptors (Lipinski definition) is 0. The molecular formula is C4Br2Cl2F6. The zero-order chi connectivity index (χ0) is 12.0. The van der Waals surface area contributed by atoms with Crippen molar-refractivity contribution in [3.05, 3.63) is 0 Å². The first kappa shape index (κ1) is 15.1. The molecule has 0 aromatic carbocycles. The second-order valence-electron chi connectivity index (χ2n) is 2.14. The molecule has 0 aliphatic rings. The quantitative estimate of drug-likeness (QED) is 0.479. The molecule has 86 valence electrons. The summed E-state index contributed by atoms with van der Waals surface area (Å²) in [6.45, 7) is 0. The highest BCUT2D eigenvalue weighted by Gasteiger charge is 2.75. The highest BCUT2D eigenvalue weighted by atomic mass is 79.9. The SMILES string of the molecule is FC(F)(Cl)C(F)(Cl)C(F)(Br)C(F)(F)Br. The Kier molecular flexibility index (Phi) is 4.16. The second-order valence-corrected chi connectivity index (χ2v) is 5.23. The first-order chi connectivity index (χ1) is 5.75. The maximum atomic E-state index is 12.9. The Balaban J connectivity index is 5.30. The Labute approximate surface area is 101 Å². The fourth-order valence-corrected chi connectivity index (χ4v) is 1.36. The van der Waals surface area contributed by atoms with Crippen molar-refractivity contribution in [3.63, 3.8) is 0 Å². The molecule has 0 aromatic heterocycles. The Hall–Kier alpha value is 1.12. The van der Waals surface area contributed by atoms with Crippen LogP contribution in [0.1, 0.15) is 0 Å². The van der Waals surface area contributed by atoms with Crippen LogP contribution < -0.4 is 0 Å². The van der Waals surface area contributed by atoms with Gasteiger partial charge in [0, 0.05) is 0 Å². The van der Waals surface area contributed by atoms with Crippen molar-refractivity contribution in [1.29, 1.82) is 0 Å². The van der Waals surface area contributed by atoms with Gasteiger partial charge in [-0.1, -0.05) is 11.6 Å². The van der Waals surface area contributed by atoms with E-state index >= 15 is 0 Å². The van der Waals surface area contributed by atoms with E-state index in [1.54, 1.807) is 0 Å². The second kappa shape index (κ2) is 3.85. The van der Waals surface area contributed by atoms with Crippen molar-refractivity contribution in [1.82, 2.24) is 0 Å². The smallest absolute Gasteiger partial charge is 0.218 e. The molecule has 0 bridgehead atoms. The third-order valence-corrected chi connectivity index (χ3v) is 4.31. The minimum absolute atomic E-state index is 1.36. The highest BCUT2D eigenvalue weighted by Crippen LogP contribution is 2.59. The summed E-state index contributed by atoms with van der Waals surface area (Å²) in [5, 5.41) is -9.85. The van der Waals surface area contributed by atoms with Gasteiger partial charge in [-0.3, -0.25) is 0 Å². The summed E-state index contributed by atoms with van der Waals surface area (Å²) in [6.07, 6.45) is 0. The van der Waals surface area contributed by atoms with Crippen LogP contribution in [0.3, 0.4) is 0 Å². The van der Waals surface area contributed by atoms with Gasteiger partial charge in [0.1, 0.15) is 0 Å². The van der Waals surface area contributed by atoms with Crippen molar-refractivity contribution in [2.75, 3.05) is 0 Å². The molecule has 0 heterocycles. The molecule has 2 atom stereocenters. The van der Waals surface area contributed by atoms with Gasteiger partial charge in [-0.25, -0.2) is 8.78 Å². The molecule has 0 amide bonds. The molecule has 14 heavy (non-hydrogen) atoms. The maximum absolute atomic E-state index is 12.9. The van der Waals surface area contributed by atoms with Crippen LogP contribution in [0.15, 0.2) is 0 Å². The average Bonchev–Trinajstić information content (AvgIpc) is 1.81. The van der Waals surface area contributed by atoms with Crippen molar-refractivity contribution < 1.29 is 26.3 Å². The summed E-state index contributed by atoms with van der Waals surface area (Å²) in [4.78, 5) is -4.67. The Morgan fingerprint density at radius 3 is 1.14 bits per heavy atom. The largest absolute Gasteiger partial charge is 0.373 e. The standard InChI is InChI=1S/C4Br2Cl2F6/c5-1(9,3(6,11)12)2(7,10)4(8,13)14. The first-order valence-corrected chi connectivity index (χ1v) is 4.98.